The second-order valence-electron chi connectivity index (χ2n) is 7.67. The zero-order valence-electron chi connectivity index (χ0n) is 17.2. The summed E-state index contributed by atoms with van der Waals surface area (Å²) >= 11 is 0. The Morgan fingerprint density at radius 1 is 1.03 bits per heavy atom. The van der Waals surface area contributed by atoms with E-state index in [4.69, 9.17) is 0 Å². The Hall–Kier alpha value is -3.15. The lowest BCUT2D eigenvalue weighted by Crippen LogP contribution is -2.31. The first kappa shape index (κ1) is 20.6. The number of rotatable bonds is 8. The molecule has 1 aromatic heterocycles. The third-order valence-electron chi connectivity index (χ3n) is 4.69. The number of benzene rings is 2. The Morgan fingerprint density at radius 2 is 1.76 bits per heavy atom. The van der Waals surface area contributed by atoms with E-state index in [2.05, 4.69) is 29.5 Å². The third-order valence-corrected chi connectivity index (χ3v) is 4.69. The molecule has 0 aliphatic heterocycles. The lowest BCUT2D eigenvalue weighted by molar-refractivity contribution is -0.121. The Bertz CT molecular complexity index is 990. The number of fused-ring (bicyclic) bond motifs is 1. The van der Waals surface area contributed by atoms with Gasteiger partial charge in [0.15, 0.2) is 0 Å². The fourth-order valence-electron chi connectivity index (χ4n) is 3.10. The number of hydrogen-bond donors (Lipinski definition) is 2. The molecule has 0 bridgehead atoms. The maximum atomic E-state index is 12.4. The average molecular weight is 393 g/mol. The molecule has 0 aliphatic rings. The molecule has 0 saturated heterocycles. The molecule has 0 fully saturated rings. The average Bonchev–Trinajstić information content (AvgIpc) is 3.04. The summed E-state index contributed by atoms with van der Waals surface area (Å²) in [5, 5.41) is 5.89. The summed E-state index contributed by atoms with van der Waals surface area (Å²) in [5.74, 6) is 1.04. The SMILES string of the molecule is Cc1ccc(C(=O)NCCc2nc3ccccc3n2CC(=O)NCC(C)C)cc1. The topological polar surface area (TPSA) is 76.0 Å². The Kier molecular flexibility index (Phi) is 6.65. The monoisotopic (exact) mass is 392 g/mol. The number of nitrogens with one attached hydrogen (secondary N) is 2. The molecule has 1 heterocycles. The van der Waals surface area contributed by atoms with Crippen molar-refractivity contribution in [3.63, 3.8) is 0 Å². The van der Waals surface area contributed by atoms with E-state index in [-0.39, 0.29) is 18.4 Å². The minimum Gasteiger partial charge on any atom is -0.354 e. The van der Waals surface area contributed by atoms with Crippen LogP contribution in [0.4, 0.5) is 0 Å². The van der Waals surface area contributed by atoms with Gasteiger partial charge in [-0.1, -0.05) is 43.7 Å². The van der Waals surface area contributed by atoms with Crippen molar-refractivity contribution in [1.29, 1.82) is 0 Å². The van der Waals surface area contributed by atoms with Gasteiger partial charge < -0.3 is 15.2 Å². The molecule has 0 saturated carbocycles. The van der Waals surface area contributed by atoms with Crippen LogP contribution in [-0.2, 0) is 17.8 Å². The number of nitrogens with zero attached hydrogens (tertiary/aromatic N) is 2. The number of aryl methyl sites for hydroxylation is 1. The number of aromatic nitrogens is 2. The molecule has 6 heteroatoms. The van der Waals surface area contributed by atoms with Crippen LogP contribution in [0.3, 0.4) is 0 Å². The Labute approximate surface area is 171 Å². The van der Waals surface area contributed by atoms with E-state index in [0.29, 0.717) is 31.0 Å². The highest BCUT2D eigenvalue weighted by molar-refractivity contribution is 5.94. The van der Waals surface area contributed by atoms with Crippen molar-refractivity contribution in [3.05, 3.63) is 65.5 Å². The van der Waals surface area contributed by atoms with Crippen LogP contribution < -0.4 is 10.6 Å². The minimum atomic E-state index is -0.109. The van der Waals surface area contributed by atoms with Crippen molar-refractivity contribution in [2.24, 2.45) is 5.92 Å². The molecule has 6 nitrogen and oxygen atoms in total. The normalized spacial score (nSPS) is 11.0. The van der Waals surface area contributed by atoms with Gasteiger partial charge in [0.05, 0.1) is 11.0 Å². The van der Waals surface area contributed by atoms with Crippen LogP contribution in [0.1, 0.15) is 35.6 Å². The molecule has 2 amide bonds. The van der Waals surface area contributed by atoms with Gasteiger partial charge in [-0.2, -0.15) is 0 Å². The summed E-state index contributed by atoms with van der Waals surface area (Å²) in [4.78, 5) is 29.4. The van der Waals surface area contributed by atoms with Gasteiger partial charge in [0, 0.05) is 25.1 Å². The van der Waals surface area contributed by atoms with Crippen molar-refractivity contribution in [2.45, 2.75) is 33.7 Å². The van der Waals surface area contributed by atoms with Crippen LogP contribution in [0.25, 0.3) is 11.0 Å². The molecular formula is C23H28N4O2. The molecule has 2 N–H and O–H groups in total. The van der Waals surface area contributed by atoms with Crippen molar-refractivity contribution in [2.75, 3.05) is 13.1 Å². The van der Waals surface area contributed by atoms with Gasteiger partial charge in [-0.05, 0) is 37.1 Å². The molecule has 3 rings (SSSR count). The molecule has 0 atom stereocenters. The van der Waals surface area contributed by atoms with E-state index in [1.165, 1.54) is 0 Å². The highest BCUT2D eigenvalue weighted by Gasteiger charge is 2.14. The molecule has 0 aliphatic carbocycles. The maximum absolute atomic E-state index is 12.4. The molecular weight excluding hydrogens is 364 g/mol. The van der Waals surface area contributed by atoms with Crippen LogP contribution in [0.5, 0.6) is 0 Å². The summed E-state index contributed by atoms with van der Waals surface area (Å²) < 4.78 is 1.93. The molecule has 152 valence electrons. The largest absolute Gasteiger partial charge is 0.354 e. The zero-order chi connectivity index (χ0) is 20.8. The molecule has 3 aromatic rings. The second kappa shape index (κ2) is 9.37. The minimum absolute atomic E-state index is 0.0354. The molecule has 29 heavy (non-hydrogen) atoms. The van der Waals surface area contributed by atoms with Crippen LogP contribution in [-0.4, -0.2) is 34.5 Å². The smallest absolute Gasteiger partial charge is 0.251 e. The standard InChI is InChI=1S/C23H28N4O2/c1-16(2)14-25-22(28)15-27-20-7-5-4-6-19(20)26-21(27)12-13-24-23(29)18-10-8-17(3)9-11-18/h4-11,16H,12-15H2,1-3H3,(H,24,29)(H,25,28). The van der Waals surface area contributed by atoms with Gasteiger partial charge in [-0.25, -0.2) is 4.98 Å². The van der Waals surface area contributed by atoms with E-state index in [1.54, 1.807) is 0 Å². The van der Waals surface area contributed by atoms with E-state index >= 15 is 0 Å². The van der Waals surface area contributed by atoms with Crippen molar-refractivity contribution >= 4 is 22.8 Å². The highest BCUT2D eigenvalue weighted by atomic mass is 16.2. The van der Waals surface area contributed by atoms with Gasteiger partial charge in [0.1, 0.15) is 12.4 Å². The predicted octanol–water partition coefficient (Wildman–Crippen LogP) is 3.09. The summed E-state index contributed by atoms with van der Waals surface area (Å²) in [6, 6.07) is 15.3. The third kappa shape index (κ3) is 5.44. The quantitative estimate of drug-likeness (QED) is 0.619. The van der Waals surface area contributed by atoms with Gasteiger partial charge in [-0.3, -0.25) is 9.59 Å². The lowest BCUT2D eigenvalue weighted by Gasteiger charge is -2.12. The first-order valence-corrected chi connectivity index (χ1v) is 9.99. The maximum Gasteiger partial charge on any atom is 0.251 e. The van der Waals surface area contributed by atoms with Gasteiger partial charge >= 0.3 is 0 Å². The van der Waals surface area contributed by atoms with E-state index in [0.717, 1.165) is 22.4 Å². The van der Waals surface area contributed by atoms with Crippen LogP contribution in [0.2, 0.25) is 0 Å². The summed E-state index contributed by atoms with van der Waals surface area (Å²) in [6.07, 6.45) is 0.545. The predicted molar refractivity (Wildman–Crippen MR) is 115 cm³/mol. The fraction of sp³-hybridized carbons (Fsp3) is 0.348. The number of hydrogen-bond acceptors (Lipinski definition) is 3. The number of carbonyl (C=O) groups is 2. The van der Waals surface area contributed by atoms with Gasteiger partial charge in [0.25, 0.3) is 5.91 Å². The zero-order valence-corrected chi connectivity index (χ0v) is 17.2. The van der Waals surface area contributed by atoms with E-state index in [9.17, 15) is 9.59 Å². The van der Waals surface area contributed by atoms with Gasteiger partial charge in [-0.15, -0.1) is 0 Å². The lowest BCUT2D eigenvalue weighted by atomic mass is 10.1. The molecule has 0 unspecified atom stereocenters. The highest BCUT2D eigenvalue weighted by Crippen LogP contribution is 2.16. The number of amides is 2. The number of carbonyl (C=O) groups excluding carboxylic acids is 2. The fourth-order valence-corrected chi connectivity index (χ4v) is 3.10. The summed E-state index contributed by atoms with van der Waals surface area (Å²) in [5.41, 5.74) is 3.53. The Balaban J connectivity index is 1.68. The number of para-hydroxylation sites is 2. The van der Waals surface area contributed by atoms with Crippen LogP contribution in [0, 0.1) is 12.8 Å². The van der Waals surface area contributed by atoms with Crippen molar-refractivity contribution in [3.8, 4) is 0 Å². The van der Waals surface area contributed by atoms with Crippen molar-refractivity contribution < 1.29 is 9.59 Å². The van der Waals surface area contributed by atoms with Crippen LogP contribution >= 0.6 is 0 Å². The Morgan fingerprint density at radius 3 is 2.48 bits per heavy atom. The summed E-state index contributed by atoms with van der Waals surface area (Å²) in [6.45, 7) is 7.43. The van der Waals surface area contributed by atoms with E-state index < -0.39 is 0 Å². The van der Waals surface area contributed by atoms with E-state index in [1.807, 2.05) is 60.0 Å². The second-order valence-corrected chi connectivity index (χ2v) is 7.67. The molecule has 2 aromatic carbocycles. The first-order chi connectivity index (χ1) is 13.9. The molecule has 0 radical (unpaired) electrons. The number of imidazole rings is 1. The van der Waals surface area contributed by atoms with Crippen LogP contribution in [0.15, 0.2) is 48.5 Å². The van der Waals surface area contributed by atoms with Gasteiger partial charge in [0.2, 0.25) is 5.91 Å². The molecule has 0 spiro atoms. The summed E-state index contributed by atoms with van der Waals surface area (Å²) in [7, 11) is 0. The van der Waals surface area contributed by atoms with Crippen molar-refractivity contribution in [1.82, 2.24) is 20.2 Å². The first-order valence-electron chi connectivity index (χ1n) is 9.99.